The molecule has 1 aliphatic rings. The predicted octanol–water partition coefficient (Wildman–Crippen LogP) is 1.73. The van der Waals surface area contributed by atoms with Crippen molar-refractivity contribution in [3.05, 3.63) is 34.7 Å². The minimum Gasteiger partial charge on any atom is -0.379 e. The maximum Gasteiger partial charge on any atom is 0.275 e. The van der Waals surface area contributed by atoms with E-state index in [9.17, 15) is 4.79 Å². The van der Waals surface area contributed by atoms with Crippen LogP contribution in [0.3, 0.4) is 0 Å². The van der Waals surface area contributed by atoms with Crippen molar-refractivity contribution in [2.24, 2.45) is 5.84 Å². The van der Waals surface area contributed by atoms with Crippen LogP contribution in [0.1, 0.15) is 22.2 Å². The number of carbonyl (C=O) groups excluding carboxylic acids is 1. The van der Waals surface area contributed by atoms with Gasteiger partial charge in [-0.3, -0.25) is 15.1 Å². The molecule has 0 aliphatic carbocycles. The van der Waals surface area contributed by atoms with Gasteiger partial charge in [0.25, 0.3) is 5.91 Å². The predicted molar refractivity (Wildman–Crippen MR) is 84.2 cm³/mol. The summed E-state index contributed by atoms with van der Waals surface area (Å²) < 4.78 is 6.60. The Morgan fingerprint density at radius 3 is 3.10 bits per heavy atom. The Balaban J connectivity index is 2.00. The van der Waals surface area contributed by atoms with Crippen LogP contribution >= 0.6 is 11.3 Å². The Labute approximate surface area is 127 Å². The maximum atomic E-state index is 12.1. The summed E-state index contributed by atoms with van der Waals surface area (Å²) in [5.41, 5.74) is 3.32. The van der Waals surface area contributed by atoms with E-state index in [4.69, 9.17) is 10.6 Å². The maximum absolute atomic E-state index is 12.1. The van der Waals surface area contributed by atoms with E-state index in [1.165, 1.54) is 11.3 Å². The fraction of sp³-hybridized carbons (Fsp3) is 0.400. The fourth-order valence-electron chi connectivity index (χ4n) is 2.70. The van der Waals surface area contributed by atoms with Crippen LogP contribution in [0.4, 0.5) is 0 Å². The van der Waals surface area contributed by atoms with E-state index in [0.717, 1.165) is 42.0 Å². The summed E-state index contributed by atoms with van der Waals surface area (Å²) in [7, 11) is 0. The number of carbonyl (C=O) groups is 1. The van der Waals surface area contributed by atoms with Gasteiger partial charge in [-0.2, -0.15) is 0 Å². The number of ether oxygens (including phenoxy) is 1. The Morgan fingerprint density at radius 2 is 2.33 bits per heavy atom. The molecule has 21 heavy (non-hydrogen) atoms. The first kappa shape index (κ1) is 14.5. The first-order valence-electron chi connectivity index (χ1n) is 7.04. The number of nitrogens with zero attached hydrogens (tertiary/aromatic N) is 1. The van der Waals surface area contributed by atoms with Gasteiger partial charge in [0.15, 0.2) is 0 Å². The van der Waals surface area contributed by atoms with Gasteiger partial charge in [0.05, 0.1) is 18.1 Å². The Kier molecular flexibility index (Phi) is 4.21. The van der Waals surface area contributed by atoms with E-state index in [2.05, 4.69) is 23.3 Å². The van der Waals surface area contributed by atoms with E-state index < -0.39 is 0 Å². The summed E-state index contributed by atoms with van der Waals surface area (Å²) in [6.45, 7) is 5.26. The Bertz CT molecular complexity index is 655. The van der Waals surface area contributed by atoms with E-state index in [1.54, 1.807) is 0 Å². The Hall–Kier alpha value is -1.47. The SMILES string of the molecule is CC1COCCN1Cc1c(C(=O)NN)sc2ccccc12. The largest absolute Gasteiger partial charge is 0.379 e. The molecule has 1 amide bonds. The van der Waals surface area contributed by atoms with Gasteiger partial charge in [0.2, 0.25) is 0 Å². The first-order chi connectivity index (χ1) is 10.2. The number of nitrogens with one attached hydrogen (secondary N) is 1. The van der Waals surface area contributed by atoms with Gasteiger partial charge in [-0.1, -0.05) is 18.2 Å². The summed E-state index contributed by atoms with van der Waals surface area (Å²) in [6, 6.07) is 8.46. The Morgan fingerprint density at radius 1 is 1.52 bits per heavy atom. The number of fused-ring (bicyclic) bond motifs is 1. The van der Waals surface area contributed by atoms with E-state index in [1.807, 2.05) is 18.2 Å². The molecule has 1 fully saturated rings. The zero-order valence-electron chi connectivity index (χ0n) is 12.0. The molecule has 0 spiro atoms. The molecule has 1 atom stereocenters. The summed E-state index contributed by atoms with van der Waals surface area (Å²) >= 11 is 1.50. The number of nitrogen functional groups attached to an aromatic ring is 1. The van der Waals surface area contributed by atoms with Crippen molar-refractivity contribution in [2.75, 3.05) is 19.8 Å². The average molecular weight is 305 g/mol. The molecule has 0 bridgehead atoms. The van der Waals surface area contributed by atoms with Gasteiger partial charge >= 0.3 is 0 Å². The second kappa shape index (κ2) is 6.11. The molecule has 1 aliphatic heterocycles. The van der Waals surface area contributed by atoms with Crippen LogP contribution in [0.2, 0.25) is 0 Å². The molecule has 0 radical (unpaired) electrons. The molecule has 112 valence electrons. The lowest BCUT2D eigenvalue weighted by Gasteiger charge is -2.33. The van der Waals surface area contributed by atoms with Crippen molar-refractivity contribution in [3.63, 3.8) is 0 Å². The third-order valence-electron chi connectivity index (χ3n) is 3.90. The summed E-state index contributed by atoms with van der Waals surface area (Å²) in [4.78, 5) is 15.1. The summed E-state index contributed by atoms with van der Waals surface area (Å²) in [5.74, 6) is 5.11. The third kappa shape index (κ3) is 2.80. The summed E-state index contributed by atoms with van der Waals surface area (Å²) in [6.07, 6.45) is 0. The van der Waals surface area contributed by atoms with Crippen LogP contribution < -0.4 is 11.3 Å². The van der Waals surface area contributed by atoms with Crippen LogP contribution in [-0.4, -0.2) is 36.6 Å². The zero-order chi connectivity index (χ0) is 14.8. The molecule has 3 N–H and O–H groups in total. The zero-order valence-corrected chi connectivity index (χ0v) is 12.8. The number of hydrogen-bond acceptors (Lipinski definition) is 5. The number of rotatable bonds is 3. The minimum atomic E-state index is -0.216. The van der Waals surface area contributed by atoms with E-state index in [0.29, 0.717) is 10.9 Å². The van der Waals surface area contributed by atoms with Crippen molar-refractivity contribution in [1.29, 1.82) is 0 Å². The van der Waals surface area contributed by atoms with Gasteiger partial charge in [0.1, 0.15) is 0 Å². The fourth-order valence-corrected chi connectivity index (χ4v) is 3.82. The van der Waals surface area contributed by atoms with Crippen molar-refractivity contribution in [2.45, 2.75) is 19.5 Å². The minimum absolute atomic E-state index is 0.216. The van der Waals surface area contributed by atoms with Gasteiger partial charge in [-0.15, -0.1) is 11.3 Å². The lowest BCUT2D eigenvalue weighted by atomic mass is 10.1. The molecule has 1 saturated heterocycles. The molecule has 5 nitrogen and oxygen atoms in total. The van der Waals surface area contributed by atoms with Gasteiger partial charge < -0.3 is 4.74 Å². The van der Waals surface area contributed by atoms with Gasteiger partial charge in [0, 0.05) is 23.8 Å². The number of morpholine rings is 1. The second-order valence-corrected chi connectivity index (χ2v) is 6.33. The molecule has 2 heterocycles. The van der Waals surface area contributed by atoms with Crippen molar-refractivity contribution < 1.29 is 9.53 Å². The van der Waals surface area contributed by atoms with Crippen LogP contribution in [-0.2, 0) is 11.3 Å². The molecule has 1 aromatic carbocycles. The highest BCUT2D eigenvalue weighted by atomic mass is 32.1. The van der Waals surface area contributed by atoms with Gasteiger partial charge in [-0.25, -0.2) is 5.84 Å². The standard InChI is InChI=1S/C15H19N3O2S/c1-10-9-20-7-6-18(10)8-12-11-4-2-3-5-13(11)21-14(12)15(19)17-16/h2-5,10H,6-9,16H2,1H3,(H,17,19). The van der Waals surface area contributed by atoms with Crippen LogP contribution in [0.25, 0.3) is 10.1 Å². The van der Waals surface area contributed by atoms with E-state index in [-0.39, 0.29) is 5.91 Å². The number of benzene rings is 1. The highest BCUT2D eigenvalue weighted by Gasteiger charge is 2.24. The average Bonchev–Trinajstić information content (AvgIpc) is 2.88. The topological polar surface area (TPSA) is 67.6 Å². The van der Waals surface area contributed by atoms with Crippen LogP contribution in [0.5, 0.6) is 0 Å². The lowest BCUT2D eigenvalue weighted by Crippen LogP contribution is -2.43. The number of amides is 1. The van der Waals surface area contributed by atoms with E-state index >= 15 is 0 Å². The van der Waals surface area contributed by atoms with Crippen molar-refractivity contribution >= 4 is 27.3 Å². The molecule has 3 rings (SSSR count). The third-order valence-corrected chi connectivity index (χ3v) is 5.11. The lowest BCUT2D eigenvalue weighted by molar-refractivity contribution is -0.00421. The highest BCUT2D eigenvalue weighted by molar-refractivity contribution is 7.21. The van der Waals surface area contributed by atoms with Crippen LogP contribution in [0.15, 0.2) is 24.3 Å². The first-order valence-corrected chi connectivity index (χ1v) is 7.85. The van der Waals surface area contributed by atoms with Crippen molar-refractivity contribution in [3.8, 4) is 0 Å². The number of hydrogen-bond donors (Lipinski definition) is 2. The quantitative estimate of drug-likeness (QED) is 0.515. The molecule has 0 saturated carbocycles. The number of thiophene rings is 1. The monoisotopic (exact) mass is 305 g/mol. The van der Waals surface area contributed by atoms with Gasteiger partial charge in [-0.05, 0) is 23.9 Å². The molecular formula is C15H19N3O2S. The van der Waals surface area contributed by atoms with Crippen molar-refractivity contribution in [1.82, 2.24) is 10.3 Å². The highest BCUT2D eigenvalue weighted by Crippen LogP contribution is 2.32. The molecule has 2 aromatic rings. The number of nitrogens with two attached hydrogens (primary N) is 1. The molecule has 1 aromatic heterocycles. The molecule has 6 heteroatoms. The summed E-state index contributed by atoms with van der Waals surface area (Å²) in [5, 5.41) is 1.14. The smallest absolute Gasteiger partial charge is 0.275 e. The second-order valence-electron chi connectivity index (χ2n) is 5.27. The molecule has 1 unspecified atom stereocenters. The number of hydrazine groups is 1. The normalized spacial score (nSPS) is 19.8. The van der Waals surface area contributed by atoms with Crippen LogP contribution in [0, 0.1) is 0 Å². The molecular weight excluding hydrogens is 286 g/mol.